The molecule has 0 radical (unpaired) electrons. The molecule has 0 fully saturated rings. The number of anilines is 1. The summed E-state index contributed by atoms with van der Waals surface area (Å²) in [6, 6.07) is 25.0. The number of hydrogen-bond acceptors (Lipinski definition) is 7. The zero-order chi connectivity index (χ0) is 25.8. The van der Waals surface area contributed by atoms with Crippen molar-refractivity contribution in [1.29, 1.82) is 0 Å². The Labute approximate surface area is 213 Å². The second kappa shape index (κ2) is 10.2. The van der Waals surface area contributed by atoms with Crippen molar-refractivity contribution in [2.75, 3.05) is 18.2 Å². The predicted molar refractivity (Wildman–Crippen MR) is 140 cm³/mol. The zero-order valence-corrected chi connectivity index (χ0v) is 20.7. The van der Waals surface area contributed by atoms with Crippen LogP contribution < -0.4 is 10.1 Å². The van der Waals surface area contributed by atoms with Gasteiger partial charge in [0.1, 0.15) is 11.3 Å². The SMILES string of the molecule is CS(=O)(=O)c1cc(C(=O)Nc2ccc(OCCc3ccccc3)cc2)cc(-c2ccc3[nH]nnc3n2)c1. The van der Waals surface area contributed by atoms with Crippen LogP contribution in [0.25, 0.3) is 22.4 Å². The van der Waals surface area contributed by atoms with E-state index in [1.54, 1.807) is 42.5 Å². The van der Waals surface area contributed by atoms with E-state index in [9.17, 15) is 13.2 Å². The molecule has 0 bridgehead atoms. The van der Waals surface area contributed by atoms with Gasteiger partial charge in [0.2, 0.25) is 5.65 Å². The minimum atomic E-state index is -3.59. The summed E-state index contributed by atoms with van der Waals surface area (Å²) < 4.78 is 30.5. The molecule has 3 aromatic carbocycles. The van der Waals surface area contributed by atoms with Gasteiger partial charge in [0, 0.05) is 29.5 Å². The first kappa shape index (κ1) is 24.1. The Morgan fingerprint density at radius 1 is 0.973 bits per heavy atom. The molecule has 0 unspecified atom stereocenters. The van der Waals surface area contributed by atoms with Crippen LogP contribution in [-0.4, -0.2) is 47.6 Å². The standard InChI is InChI=1S/C27H23N5O4S/c1-37(34,35)23-16-19(24-11-12-25-26(29-24)31-32-30-25)15-20(17-23)27(33)28-21-7-9-22(10-8-21)36-14-13-18-5-3-2-4-6-18/h2-12,15-17H,13-14H2,1H3,(H,28,33)(H,29,30,31,32). The lowest BCUT2D eigenvalue weighted by molar-refractivity contribution is 0.102. The summed E-state index contributed by atoms with van der Waals surface area (Å²) in [5.74, 6) is 0.233. The van der Waals surface area contributed by atoms with Gasteiger partial charge in [-0.05, 0) is 60.2 Å². The first-order valence-corrected chi connectivity index (χ1v) is 13.4. The lowest BCUT2D eigenvalue weighted by atomic mass is 10.1. The maximum atomic E-state index is 13.1. The second-order valence-electron chi connectivity index (χ2n) is 8.46. The molecule has 37 heavy (non-hydrogen) atoms. The molecule has 2 heterocycles. The largest absolute Gasteiger partial charge is 0.493 e. The molecular formula is C27H23N5O4S. The number of benzene rings is 3. The Morgan fingerprint density at radius 2 is 1.76 bits per heavy atom. The fourth-order valence-electron chi connectivity index (χ4n) is 3.76. The lowest BCUT2D eigenvalue weighted by Gasteiger charge is -2.11. The van der Waals surface area contributed by atoms with E-state index < -0.39 is 15.7 Å². The molecule has 0 saturated carbocycles. The number of H-pyrrole nitrogens is 1. The van der Waals surface area contributed by atoms with Gasteiger partial charge >= 0.3 is 0 Å². The molecule has 9 nitrogen and oxygen atoms in total. The van der Waals surface area contributed by atoms with Crippen LogP contribution in [0.3, 0.4) is 0 Å². The van der Waals surface area contributed by atoms with Crippen molar-refractivity contribution in [2.24, 2.45) is 0 Å². The van der Waals surface area contributed by atoms with E-state index in [0.29, 0.717) is 40.5 Å². The summed E-state index contributed by atoms with van der Waals surface area (Å²) >= 11 is 0. The van der Waals surface area contributed by atoms with Crippen LogP contribution >= 0.6 is 0 Å². The number of fused-ring (bicyclic) bond motifs is 1. The summed E-state index contributed by atoms with van der Waals surface area (Å²) in [4.78, 5) is 17.5. The minimum Gasteiger partial charge on any atom is -0.493 e. The van der Waals surface area contributed by atoms with Gasteiger partial charge in [0.25, 0.3) is 5.91 Å². The van der Waals surface area contributed by atoms with Gasteiger partial charge in [0.15, 0.2) is 9.84 Å². The average molecular weight is 514 g/mol. The van der Waals surface area contributed by atoms with Crippen molar-refractivity contribution < 1.29 is 17.9 Å². The lowest BCUT2D eigenvalue weighted by Crippen LogP contribution is -2.13. The van der Waals surface area contributed by atoms with Crippen molar-refractivity contribution in [2.45, 2.75) is 11.3 Å². The van der Waals surface area contributed by atoms with Crippen LogP contribution in [0.5, 0.6) is 5.75 Å². The normalized spacial score (nSPS) is 11.4. The van der Waals surface area contributed by atoms with E-state index in [1.807, 2.05) is 18.2 Å². The molecule has 2 aromatic heterocycles. The number of amides is 1. The number of carbonyl (C=O) groups is 1. The molecule has 5 rings (SSSR count). The highest BCUT2D eigenvalue weighted by Crippen LogP contribution is 2.26. The molecule has 0 spiro atoms. The fourth-order valence-corrected chi connectivity index (χ4v) is 4.44. The Hall–Kier alpha value is -4.57. The Balaban J connectivity index is 1.32. The van der Waals surface area contributed by atoms with Gasteiger partial charge in [0.05, 0.1) is 17.2 Å². The molecule has 0 aliphatic heterocycles. The van der Waals surface area contributed by atoms with E-state index >= 15 is 0 Å². The van der Waals surface area contributed by atoms with Gasteiger partial charge in [-0.15, -0.1) is 5.10 Å². The molecule has 10 heteroatoms. The average Bonchev–Trinajstić information content (AvgIpc) is 3.38. The van der Waals surface area contributed by atoms with Crippen molar-refractivity contribution in [3.63, 3.8) is 0 Å². The number of rotatable bonds is 8. The number of nitrogens with zero attached hydrogens (tertiary/aromatic N) is 3. The number of aromatic nitrogens is 4. The Kier molecular flexibility index (Phi) is 6.65. The molecule has 5 aromatic rings. The third-order valence-electron chi connectivity index (χ3n) is 5.70. The van der Waals surface area contributed by atoms with Crippen LogP contribution in [0, 0.1) is 0 Å². The molecule has 1 amide bonds. The molecule has 0 saturated heterocycles. The molecule has 2 N–H and O–H groups in total. The smallest absolute Gasteiger partial charge is 0.255 e. The van der Waals surface area contributed by atoms with E-state index in [-0.39, 0.29) is 10.5 Å². The molecular weight excluding hydrogens is 490 g/mol. The monoisotopic (exact) mass is 513 g/mol. The van der Waals surface area contributed by atoms with Crippen LogP contribution in [0.1, 0.15) is 15.9 Å². The van der Waals surface area contributed by atoms with Crippen LogP contribution in [0.2, 0.25) is 0 Å². The first-order valence-electron chi connectivity index (χ1n) is 11.5. The fraction of sp³-hybridized carbons (Fsp3) is 0.111. The van der Waals surface area contributed by atoms with Gasteiger partial charge < -0.3 is 10.1 Å². The topological polar surface area (TPSA) is 127 Å². The van der Waals surface area contributed by atoms with Crippen molar-refractivity contribution in [1.82, 2.24) is 20.4 Å². The summed E-state index contributed by atoms with van der Waals surface area (Å²) in [6.45, 7) is 0.533. The summed E-state index contributed by atoms with van der Waals surface area (Å²) in [6.07, 6.45) is 1.88. The highest BCUT2D eigenvalue weighted by Gasteiger charge is 2.17. The number of nitrogens with one attached hydrogen (secondary N) is 2. The van der Waals surface area contributed by atoms with Gasteiger partial charge in [-0.2, -0.15) is 0 Å². The number of aromatic amines is 1. The zero-order valence-electron chi connectivity index (χ0n) is 19.9. The van der Waals surface area contributed by atoms with E-state index in [2.05, 4.69) is 37.8 Å². The summed E-state index contributed by atoms with van der Waals surface area (Å²) in [5.41, 5.74) is 3.90. The van der Waals surface area contributed by atoms with E-state index in [1.165, 1.54) is 17.7 Å². The first-order chi connectivity index (χ1) is 17.8. The maximum Gasteiger partial charge on any atom is 0.255 e. The Morgan fingerprint density at radius 3 is 2.51 bits per heavy atom. The second-order valence-corrected chi connectivity index (χ2v) is 10.5. The Bertz CT molecular complexity index is 1670. The third-order valence-corrected chi connectivity index (χ3v) is 6.79. The molecule has 0 aliphatic rings. The molecule has 186 valence electrons. The number of sulfone groups is 1. The van der Waals surface area contributed by atoms with E-state index in [0.717, 1.165) is 12.7 Å². The number of carbonyl (C=O) groups excluding carboxylic acids is 1. The number of hydrogen-bond donors (Lipinski definition) is 2. The highest BCUT2D eigenvalue weighted by atomic mass is 32.2. The summed E-state index contributed by atoms with van der Waals surface area (Å²) in [7, 11) is -3.59. The van der Waals surface area contributed by atoms with Crippen LogP contribution in [-0.2, 0) is 16.3 Å². The molecule has 0 aliphatic carbocycles. The van der Waals surface area contributed by atoms with Crippen LogP contribution in [0.15, 0.2) is 89.8 Å². The number of pyridine rings is 1. The van der Waals surface area contributed by atoms with E-state index in [4.69, 9.17) is 4.74 Å². The molecule has 0 atom stereocenters. The quantitative estimate of drug-likeness (QED) is 0.317. The van der Waals surface area contributed by atoms with Gasteiger partial charge in [-0.25, -0.2) is 13.4 Å². The van der Waals surface area contributed by atoms with Gasteiger partial charge in [-0.1, -0.05) is 35.5 Å². The highest BCUT2D eigenvalue weighted by molar-refractivity contribution is 7.90. The maximum absolute atomic E-state index is 13.1. The predicted octanol–water partition coefficient (Wildman–Crippen LogP) is 4.30. The number of ether oxygens (including phenoxy) is 1. The third kappa shape index (κ3) is 5.81. The van der Waals surface area contributed by atoms with Crippen molar-refractivity contribution in [3.05, 3.63) is 96.1 Å². The van der Waals surface area contributed by atoms with Crippen molar-refractivity contribution >= 4 is 32.6 Å². The minimum absolute atomic E-state index is 0.0133. The van der Waals surface area contributed by atoms with Crippen molar-refractivity contribution in [3.8, 4) is 17.0 Å². The van der Waals surface area contributed by atoms with Gasteiger partial charge in [-0.3, -0.25) is 9.89 Å². The van der Waals surface area contributed by atoms with Crippen LogP contribution in [0.4, 0.5) is 5.69 Å². The summed E-state index contributed by atoms with van der Waals surface area (Å²) in [5, 5.41) is 13.2.